The van der Waals surface area contributed by atoms with E-state index in [0.717, 1.165) is 21.3 Å². The van der Waals surface area contributed by atoms with Gasteiger partial charge in [-0.1, -0.05) is 28.1 Å². The Bertz CT molecular complexity index is 507. The summed E-state index contributed by atoms with van der Waals surface area (Å²) in [6.07, 6.45) is 2.42. The van der Waals surface area contributed by atoms with Crippen LogP contribution in [-0.2, 0) is 0 Å². The van der Waals surface area contributed by atoms with E-state index in [0.29, 0.717) is 4.88 Å². The predicted molar refractivity (Wildman–Crippen MR) is 65.4 cm³/mol. The van der Waals surface area contributed by atoms with Gasteiger partial charge in [-0.25, -0.2) is 4.98 Å². The van der Waals surface area contributed by atoms with Crippen molar-refractivity contribution in [2.75, 3.05) is 0 Å². The van der Waals surface area contributed by atoms with Gasteiger partial charge in [0.05, 0.1) is 4.88 Å². The van der Waals surface area contributed by atoms with Crippen LogP contribution in [0.3, 0.4) is 0 Å². The van der Waals surface area contributed by atoms with E-state index in [-0.39, 0.29) is 0 Å². The van der Waals surface area contributed by atoms with Crippen LogP contribution in [0.2, 0.25) is 0 Å². The molecule has 0 spiro atoms. The number of aldehydes is 1. The molecule has 0 fully saturated rings. The van der Waals surface area contributed by atoms with Crippen molar-refractivity contribution >= 4 is 33.6 Å². The molecule has 1 heterocycles. The molecule has 0 amide bonds. The SMILES string of the molecule is Cc1ccc(-c2ncc(C=O)s2)cc1Br. The summed E-state index contributed by atoms with van der Waals surface area (Å²) in [6.45, 7) is 2.03. The van der Waals surface area contributed by atoms with Crippen LogP contribution in [0.4, 0.5) is 0 Å². The molecule has 76 valence electrons. The summed E-state index contributed by atoms with van der Waals surface area (Å²) < 4.78 is 1.06. The van der Waals surface area contributed by atoms with Gasteiger partial charge < -0.3 is 0 Å². The van der Waals surface area contributed by atoms with Crippen molar-refractivity contribution in [1.29, 1.82) is 0 Å². The second-order valence-corrected chi connectivity index (χ2v) is 5.07. The molecule has 0 atom stereocenters. The Morgan fingerprint density at radius 3 is 2.87 bits per heavy atom. The summed E-state index contributed by atoms with van der Waals surface area (Å²) in [4.78, 5) is 15.4. The Morgan fingerprint density at radius 2 is 2.27 bits per heavy atom. The van der Waals surface area contributed by atoms with Crippen molar-refractivity contribution in [2.24, 2.45) is 0 Å². The van der Waals surface area contributed by atoms with Gasteiger partial charge in [-0.3, -0.25) is 4.79 Å². The van der Waals surface area contributed by atoms with Crippen molar-refractivity contribution in [3.8, 4) is 10.6 Å². The number of hydrogen-bond donors (Lipinski definition) is 0. The average molecular weight is 282 g/mol. The number of thiazole rings is 1. The molecule has 1 aromatic carbocycles. The number of aryl methyl sites for hydroxylation is 1. The van der Waals surface area contributed by atoms with Gasteiger partial charge in [0.15, 0.2) is 6.29 Å². The minimum absolute atomic E-state index is 0.654. The van der Waals surface area contributed by atoms with E-state index >= 15 is 0 Å². The lowest BCUT2D eigenvalue weighted by molar-refractivity contribution is 0.112. The second kappa shape index (κ2) is 4.24. The molecule has 0 unspecified atom stereocenters. The van der Waals surface area contributed by atoms with Crippen LogP contribution >= 0.6 is 27.3 Å². The zero-order valence-corrected chi connectivity index (χ0v) is 10.4. The Hall–Kier alpha value is -1.00. The Morgan fingerprint density at radius 1 is 1.47 bits per heavy atom. The zero-order valence-electron chi connectivity index (χ0n) is 8.03. The minimum atomic E-state index is 0.654. The van der Waals surface area contributed by atoms with Gasteiger partial charge in [-0.05, 0) is 18.6 Å². The molecule has 0 bridgehead atoms. The lowest BCUT2D eigenvalue weighted by Gasteiger charge is -2.00. The van der Waals surface area contributed by atoms with Gasteiger partial charge in [0.1, 0.15) is 5.01 Å². The Kier molecular flexibility index (Phi) is 2.98. The third kappa shape index (κ3) is 2.16. The fourth-order valence-electron chi connectivity index (χ4n) is 1.20. The van der Waals surface area contributed by atoms with Crippen LogP contribution < -0.4 is 0 Å². The lowest BCUT2D eigenvalue weighted by atomic mass is 10.2. The van der Waals surface area contributed by atoms with Crippen LogP contribution in [0.1, 0.15) is 15.2 Å². The molecule has 0 N–H and O–H groups in total. The standard InChI is InChI=1S/C11H8BrNOS/c1-7-2-3-8(4-10(7)12)11-13-5-9(6-14)15-11/h2-6H,1H3. The molecule has 2 aromatic rings. The van der Waals surface area contributed by atoms with E-state index < -0.39 is 0 Å². The summed E-state index contributed by atoms with van der Waals surface area (Å²) in [5.41, 5.74) is 2.22. The van der Waals surface area contributed by atoms with Crippen molar-refractivity contribution in [2.45, 2.75) is 6.92 Å². The summed E-state index contributed by atoms with van der Waals surface area (Å²) >= 11 is 4.88. The van der Waals surface area contributed by atoms with E-state index in [4.69, 9.17) is 0 Å². The van der Waals surface area contributed by atoms with Gasteiger partial charge in [-0.15, -0.1) is 11.3 Å². The maximum absolute atomic E-state index is 10.5. The first-order valence-electron chi connectivity index (χ1n) is 4.38. The molecule has 4 heteroatoms. The van der Waals surface area contributed by atoms with E-state index in [1.54, 1.807) is 6.20 Å². The number of carbonyl (C=O) groups excluding carboxylic acids is 1. The van der Waals surface area contributed by atoms with E-state index in [9.17, 15) is 4.79 Å². The van der Waals surface area contributed by atoms with Gasteiger partial charge in [0, 0.05) is 16.2 Å². The van der Waals surface area contributed by atoms with Gasteiger partial charge in [-0.2, -0.15) is 0 Å². The number of halogens is 1. The highest BCUT2D eigenvalue weighted by atomic mass is 79.9. The molecule has 0 aliphatic carbocycles. The van der Waals surface area contributed by atoms with Crippen molar-refractivity contribution < 1.29 is 4.79 Å². The summed E-state index contributed by atoms with van der Waals surface area (Å²) in [7, 11) is 0. The Balaban J connectivity index is 2.44. The summed E-state index contributed by atoms with van der Waals surface area (Å²) in [6, 6.07) is 6.05. The lowest BCUT2D eigenvalue weighted by Crippen LogP contribution is -1.78. The molecule has 0 saturated carbocycles. The third-order valence-corrected chi connectivity index (χ3v) is 3.88. The summed E-state index contributed by atoms with van der Waals surface area (Å²) in [5, 5.41) is 0.873. The zero-order chi connectivity index (χ0) is 10.8. The van der Waals surface area contributed by atoms with Crippen LogP contribution in [0.25, 0.3) is 10.6 Å². The highest BCUT2D eigenvalue weighted by molar-refractivity contribution is 9.10. The first kappa shape index (κ1) is 10.5. The monoisotopic (exact) mass is 281 g/mol. The minimum Gasteiger partial charge on any atom is -0.297 e. The summed E-state index contributed by atoms with van der Waals surface area (Å²) in [5.74, 6) is 0. The Labute approximate surface area is 100 Å². The highest BCUT2D eigenvalue weighted by Gasteiger charge is 2.05. The molecule has 0 saturated heterocycles. The van der Waals surface area contributed by atoms with Gasteiger partial charge in [0.2, 0.25) is 0 Å². The normalized spacial score (nSPS) is 10.3. The van der Waals surface area contributed by atoms with Crippen LogP contribution in [-0.4, -0.2) is 11.3 Å². The number of rotatable bonds is 2. The van der Waals surface area contributed by atoms with Gasteiger partial charge in [0.25, 0.3) is 0 Å². The highest BCUT2D eigenvalue weighted by Crippen LogP contribution is 2.28. The van der Waals surface area contributed by atoms with Crippen LogP contribution in [0, 0.1) is 6.92 Å². The number of nitrogens with zero attached hydrogens (tertiary/aromatic N) is 1. The van der Waals surface area contributed by atoms with E-state index in [1.165, 1.54) is 16.9 Å². The molecule has 15 heavy (non-hydrogen) atoms. The molecular formula is C11H8BrNOS. The van der Waals surface area contributed by atoms with Crippen LogP contribution in [0.5, 0.6) is 0 Å². The van der Waals surface area contributed by atoms with Crippen molar-refractivity contribution in [1.82, 2.24) is 4.98 Å². The average Bonchev–Trinajstić information content (AvgIpc) is 2.70. The topological polar surface area (TPSA) is 30.0 Å². The third-order valence-electron chi connectivity index (χ3n) is 2.06. The van der Waals surface area contributed by atoms with Crippen molar-refractivity contribution in [3.63, 3.8) is 0 Å². The fourth-order valence-corrected chi connectivity index (χ4v) is 2.31. The molecule has 2 nitrogen and oxygen atoms in total. The van der Waals surface area contributed by atoms with Gasteiger partial charge >= 0.3 is 0 Å². The number of aromatic nitrogens is 1. The fraction of sp³-hybridized carbons (Fsp3) is 0.0909. The van der Waals surface area contributed by atoms with E-state index in [2.05, 4.69) is 20.9 Å². The first-order valence-corrected chi connectivity index (χ1v) is 5.99. The maximum atomic E-state index is 10.5. The molecular weight excluding hydrogens is 274 g/mol. The molecule has 0 aliphatic heterocycles. The smallest absolute Gasteiger partial charge is 0.161 e. The number of carbonyl (C=O) groups is 1. The van der Waals surface area contributed by atoms with E-state index in [1.807, 2.05) is 25.1 Å². The molecule has 1 aromatic heterocycles. The predicted octanol–water partition coefficient (Wildman–Crippen LogP) is 3.69. The quantitative estimate of drug-likeness (QED) is 0.786. The largest absolute Gasteiger partial charge is 0.297 e. The van der Waals surface area contributed by atoms with Crippen LogP contribution in [0.15, 0.2) is 28.9 Å². The van der Waals surface area contributed by atoms with Crippen molar-refractivity contribution in [3.05, 3.63) is 39.3 Å². The molecule has 2 rings (SSSR count). The number of hydrogen-bond acceptors (Lipinski definition) is 3. The molecule has 0 radical (unpaired) electrons. The molecule has 0 aliphatic rings. The number of benzene rings is 1. The second-order valence-electron chi connectivity index (χ2n) is 3.15. The first-order chi connectivity index (χ1) is 7.20. The maximum Gasteiger partial charge on any atom is 0.161 e.